The molecule has 4 rings (SSSR count). The standard InChI is InChI=1S/C37H38N2O6/c1-4-13-35(40)39(33-18-10-11-19-34(33)43-2)24-12-25-45-29-22-20-27(21-23-29)26-32(37(42)44-3)38-31-17-9-8-16-30(31)36(41)28-14-6-5-7-15-28/h4-11,13-23,32,38H,12,24-26H2,1-3H3/t32-/m0/s1. The third kappa shape index (κ3) is 8.83. The number of anilines is 2. The smallest absolute Gasteiger partial charge is 0.328 e. The molecule has 0 fully saturated rings. The highest BCUT2D eigenvalue weighted by Gasteiger charge is 2.23. The number of amides is 1. The van der Waals surface area contributed by atoms with Crippen molar-refractivity contribution in [2.45, 2.75) is 25.8 Å². The topological polar surface area (TPSA) is 94.2 Å². The molecule has 4 aromatic carbocycles. The molecule has 8 nitrogen and oxygen atoms in total. The summed E-state index contributed by atoms with van der Waals surface area (Å²) < 4.78 is 16.5. The van der Waals surface area contributed by atoms with E-state index >= 15 is 0 Å². The van der Waals surface area contributed by atoms with E-state index in [2.05, 4.69) is 5.32 Å². The second kappa shape index (κ2) is 16.5. The summed E-state index contributed by atoms with van der Waals surface area (Å²) in [6, 6.07) is 30.3. The molecule has 0 aliphatic carbocycles. The van der Waals surface area contributed by atoms with Gasteiger partial charge in [0.25, 0.3) is 5.91 Å². The molecule has 1 amide bonds. The molecule has 1 atom stereocenters. The third-order valence-corrected chi connectivity index (χ3v) is 7.13. The summed E-state index contributed by atoms with van der Waals surface area (Å²) in [6.07, 6.45) is 4.18. The molecule has 0 saturated carbocycles. The molecule has 0 bridgehead atoms. The number of benzene rings is 4. The van der Waals surface area contributed by atoms with Gasteiger partial charge in [0.15, 0.2) is 5.78 Å². The average molecular weight is 607 g/mol. The molecule has 0 unspecified atom stereocenters. The predicted molar refractivity (Wildman–Crippen MR) is 176 cm³/mol. The lowest BCUT2D eigenvalue weighted by Gasteiger charge is -2.23. The van der Waals surface area contributed by atoms with Crippen molar-refractivity contribution in [3.8, 4) is 11.5 Å². The van der Waals surface area contributed by atoms with Gasteiger partial charge in [0.1, 0.15) is 17.5 Å². The molecule has 232 valence electrons. The van der Waals surface area contributed by atoms with Crippen LogP contribution < -0.4 is 19.7 Å². The van der Waals surface area contributed by atoms with Gasteiger partial charge in [0.05, 0.1) is 26.5 Å². The number of hydrogen-bond acceptors (Lipinski definition) is 7. The fourth-order valence-corrected chi connectivity index (χ4v) is 4.88. The summed E-state index contributed by atoms with van der Waals surface area (Å²) in [5.41, 5.74) is 3.17. The van der Waals surface area contributed by atoms with Crippen LogP contribution in [0.4, 0.5) is 11.4 Å². The van der Waals surface area contributed by atoms with E-state index in [-0.39, 0.29) is 11.7 Å². The van der Waals surface area contributed by atoms with Crippen molar-refractivity contribution in [3.63, 3.8) is 0 Å². The Labute approximate surface area is 264 Å². The number of carbonyl (C=O) groups is 3. The fraction of sp³-hybridized carbons (Fsp3) is 0.216. The van der Waals surface area contributed by atoms with Gasteiger partial charge >= 0.3 is 5.97 Å². The molecular weight excluding hydrogens is 568 g/mol. The number of rotatable bonds is 15. The van der Waals surface area contributed by atoms with Gasteiger partial charge in [-0.15, -0.1) is 0 Å². The number of hydrogen-bond donors (Lipinski definition) is 1. The number of ether oxygens (including phenoxy) is 3. The Bertz CT molecular complexity index is 1600. The molecule has 0 saturated heterocycles. The van der Waals surface area contributed by atoms with Crippen LogP contribution in [-0.2, 0) is 20.7 Å². The lowest BCUT2D eigenvalue weighted by atomic mass is 10.00. The highest BCUT2D eigenvalue weighted by molar-refractivity contribution is 6.12. The molecule has 0 aromatic heterocycles. The van der Waals surface area contributed by atoms with Crippen LogP contribution in [0.25, 0.3) is 0 Å². The quantitative estimate of drug-likeness (QED) is 0.0715. The van der Waals surface area contributed by atoms with Crippen LogP contribution in [0.5, 0.6) is 11.5 Å². The predicted octanol–water partition coefficient (Wildman–Crippen LogP) is 6.50. The first kappa shape index (κ1) is 32.5. The van der Waals surface area contributed by atoms with Gasteiger partial charge in [0, 0.05) is 29.8 Å². The molecule has 8 heteroatoms. The first-order valence-corrected chi connectivity index (χ1v) is 14.8. The SMILES string of the molecule is CC=CC(=O)N(CCCOc1ccc(C[C@H](Nc2ccccc2C(=O)c2ccccc2)C(=O)OC)cc1)c1ccccc1OC. The van der Waals surface area contributed by atoms with Crippen molar-refractivity contribution in [3.05, 3.63) is 132 Å². The molecule has 1 N–H and O–H groups in total. The summed E-state index contributed by atoms with van der Waals surface area (Å²) in [5.74, 6) is 0.583. The summed E-state index contributed by atoms with van der Waals surface area (Å²) in [5, 5.41) is 3.23. The number of para-hydroxylation sites is 3. The van der Waals surface area contributed by atoms with Crippen LogP contribution in [0.3, 0.4) is 0 Å². The Morgan fingerprint density at radius 1 is 0.844 bits per heavy atom. The molecular formula is C37H38N2O6. The zero-order valence-electron chi connectivity index (χ0n) is 25.8. The van der Waals surface area contributed by atoms with Crippen LogP contribution in [0, 0.1) is 0 Å². The molecule has 45 heavy (non-hydrogen) atoms. The monoisotopic (exact) mass is 606 g/mol. The van der Waals surface area contributed by atoms with E-state index in [1.807, 2.05) is 72.8 Å². The Morgan fingerprint density at radius 3 is 2.24 bits per heavy atom. The largest absolute Gasteiger partial charge is 0.495 e. The summed E-state index contributed by atoms with van der Waals surface area (Å²) in [7, 11) is 2.93. The van der Waals surface area contributed by atoms with Gasteiger partial charge in [-0.2, -0.15) is 0 Å². The number of methoxy groups -OCH3 is 2. The highest BCUT2D eigenvalue weighted by atomic mass is 16.5. The van der Waals surface area contributed by atoms with Crippen LogP contribution in [0.2, 0.25) is 0 Å². The van der Waals surface area contributed by atoms with Crippen molar-refractivity contribution in [1.82, 2.24) is 0 Å². The number of ketones is 1. The van der Waals surface area contributed by atoms with Crippen LogP contribution >= 0.6 is 0 Å². The fourth-order valence-electron chi connectivity index (χ4n) is 4.88. The second-order valence-corrected chi connectivity index (χ2v) is 10.2. The lowest BCUT2D eigenvalue weighted by Crippen LogP contribution is -2.33. The number of esters is 1. The first-order chi connectivity index (χ1) is 21.9. The lowest BCUT2D eigenvalue weighted by molar-refractivity contribution is -0.141. The Morgan fingerprint density at radius 2 is 1.53 bits per heavy atom. The average Bonchev–Trinajstić information content (AvgIpc) is 3.08. The van der Waals surface area contributed by atoms with Gasteiger partial charge < -0.3 is 24.4 Å². The maximum Gasteiger partial charge on any atom is 0.328 e. The Hall–Kier alpha value is -5.37. The number of allylic oxidation sites excluding steroid dienone is 1. The van der Waals surface area contributed by atoms with E-state index in [0.717, 1.165) is 5.56 Å². The van der Waals surface area contributed by atoms with E-state index < -0.39 is 12.0 Å². The maximum absolute atomic E-state index is 13.2. The van der Waals surface area contributed by atoms with Crippen molar-refractivity contribution in [2.75, 3.05) is 37.6 Å². The zero-order chi connectivity index (χ0) is 32.0. The molecule has 0 heterocycles. The molecule has 0 aliphatic rings. The van der Waals surface area contributed by atoms with Crippen molar-refractivity contribution < 1.29 is 28.6 Å². The van der Waals surface area contributed by atoms with Gasteiger partial charge in [-0.05, 0) is 61.4 Å². The summed E-state index contributed by atoms with van der Waals surface area (Å²) in [4.78, 5) is 40.4. The molecule has 0 spiro atoms. The zero-order valence-corrected chi connectivity index (χ0v) is 25.8. The molecule has 4 aromatic rings. The maximum atomic E-state index is 13.2. The Kier molecular flexibility index (Phi) is 11.9. The van der Waals surface area contributed by atoms with Crippen molar-refractivity contribution in [2.24, 2.45) is 0 Å². The van der Waals surface area contributed by atoms with Gasteiger partial charge in [-0.1, -0.05) is 72.8 Å². The van der Waals surface area contributed by atoms with Crippen LogP contribution in [0.15, 0.2) is 115 Å². The van der Waals surface area contributed by atoms with Crippen LogP contribution in [-0.4, -0.2) is 51.1 Å². The van der Waals surface area contributed by atoms with Gasteiger partial charge in [-0.3, -0.25) is 9.59 Å². The first-order valence-electron chi connectivity index (χ1n) is 14.8. The van der Waals surface area contributed by atoms with E-state index in [1.54, 1.807) is 55.3 Å². The van der Waals surface area contributed by atoms with Crippen molar-refractivity contribution >= 4 is 29.0 Å². The summed E-state index contributed by atoms with van der Waals surface area (Å²) in [6.45, 7) is 2.65. The summed E-state index contributed by atoms with van der Waals surface area (Å²) >= 11 is 0. The minimum Gasteiger partial charge on any atom is -0.495 e. The number of nitrogens with one attached hydrogen (secondary N) is 1. The van der Waals surface area contributed by atoms with Gasteiger partial charge in [0.2, 0.25) is 0 Å². The third-order valence-electron chi connectivity index (χ3n) is 7.13. The van der Waals surface area contributed by atoms with E-state index in [0.29, 0.717) is 60.0 Å². The highest BCUT2D eigenvalue weighted by Crippen LogP contribution is 2.28. The number of nitrogens with zero attached hydrogens (tertiary/aromatic N) is 1. The molecule has 0 aliphatic heterocycles. The van der Waals surface area contributed by atoms with E-state index in [1.165, 1.54) is 13.2 Å². The van der Waals surface area contributed by atoms with E-state index in [4.69, 9.17) is 14.2 Å². The minimum absolute atomic E-state index is 0.132. The van der Waals surface area contributed by atoms with Crippen molar-refractivity contribution in [1.29, 1.82) is 0 Å². The number of carbonyl (C=O) groups excluding carboxylic acids is 3. The minimum atomic E-state index is -0.720. The Balaban J connectivity index is 1.38. The van der Waals surface area contributed by atoms with Gasteiger partial charge in [-0.25, -0.2) is 4.79 Å². The molecule has 0 radical (unpaired) electrons. The normalized spacial score (nSPS) is 11.4. The van der Waals surface area contributed by atoms with Crippen LogP contribution in [0.1, 0.15) is 34.8 Å². The van der Waals surface area contributed by atoms with E-state index in [9.17, 15) is 14.4 Å². The second-order valence-electron chi connectivity index (χ2n) is 10.2.